The highest BCUT2D eigenvalue weighted by Gasteiger charge is 2.11. The molecule has 2 aromatic carbocycles. The van der Waals surface area contributed by atoms with Gasteiger partial charge in [-0.25, -0.2) is 17.8 Å². The predicted octanol–water partition coefficient (Wildman–Crippen LogP) is 3.34. The summed E-state index contributed by atoms with van der Waals surface area (Å²) in [5.41, 5.74) is 2.35. The van der Waals surface area contributed by atoms with Crippen molar-refractivity contribution >= 4 is 21.5 Å². The van der Waals surface area contributed by atoms with Crippen molar-refractivity contribution in [1.29, 1.82) is 0 Å². The van der Waals surface area contributed by atoms with E-state index in [0.29, 0.717) is 23.6 Å². The second kappa shape index (κ2) is 12.3. The fourth-order valence-corrected chi connectivity index (χ4v) is 4.01. The molecule has 31 heavy (non-hydrogen) atoms. The third-order valence-corrected chi connectivity index (χ3v) is 5.58. The van der Waals surface area contributed by atoms with Gasteiger partial charge in [0.25, 0.3) is 0 Å². The van der Waals surface area contributed by atoms with Crippen molar-refractivity contribution in [2.75, 3.05) is 37.8 Å². The van der Waals surface area contributed by atoms with Gasteiger partial charge >= 0.3 is 0 Å². The third-order valence-electron chi connectivity index (χ3n) is 4.75. The lowest BCUT2D eigenvalue weighted by atomic mass is 10.1. The van der Waals surface area contributed by atoms with Gasteiger partial charge in [0.2, 0.25) is 0 Å². The summed E-state index contributed by atoms with van der Waals surface area (Å²) in [6, 6.07) is 14.4. The maximum Gasteiger partial charge on any atom is 0.191 e. The summed E-state index contributed by atoms with van der Waals surface area (Å²) in [7, 11) is -1.13. The first kappa shape index (κ1) is 24.7. The van der Waals surface area contributed by atoms with E-state index in [1.807, 2.05) is 25.1 Å². The maximum atomic E-state index is 13.7. The van der Waals surface area contributed by atoms with Gasteiger partial charge in [0.15, 0.2) is 15.8 Å². The van der Waals surface area contributed by atoms with Crippen LogP contribution in [0.4, 0.5) is 10.1 Å². The number of anilines is 1. The Morgan fingerprint density at radius 1 is 1.06 bits per heavy atom. The lowest BCUT2D eigenvalue weighted by Crippen LogP contribution is -2.38. The summed E-state index contributed by atoms with van der Waals surface area (Å²) in [6.07, 6.45) is 3.17. The molecule has 0 aliphatic carbocycles. The molecule has 0 saturated heterocycles. The van der Waals surface area contributed by atoms with Gasteiger partial charge in [-0.1, -0.05) is 24.3 Å². The zero-order valence-corrected chi connectivity index (χ0v) is 19.4. The van der Waals surface area contributed by atoms with Crippen molar-refractivity contribution < 1.29 is 12.8 Å². The van der Waals surface area contributed by atoms with Crippen molar-refractivity contribution in [3.8, 4) is 0 Å². The van der Waals surface area contributed by atoms with Crippen LogP contribution in [0, 0.1) is 5.82 Å². The number of aliphatic imine (C=N–C) groups is 1. The molecule has 0 spiro atoms. The van der Waals surface area contributed by atoms with Gasteiger partial charge in [-0.15, -0.1) is 0 Å². The molecule has 0 aliphatic rings. The van der Waals surface area contributed by atoms with E-state index < -0.39 is 15.7 Å². The average molecular weight is 449 g/mol. The second-order valence-electron chi connectivity index (χ2n) is 7.57. The van der Waals surface area contributed by atoms with Crippen LogP contribution in [0.5, 0.6) is 0 Å². The van der Waals surface area contributed by atoms with Gasteiger partial charge < -0.3 is 15.5 Å². The molecule has 0 amide bonds. The van der Waals surface area contributed by atoms with Crippen molar-refractivity contribution in [2.45, 2.75) is 32.1 Å². The fraction of sp³-hybridized carbons (Fsp3) is 0.435. The smallest absolute Gasteiger partial charge is 0.191 e. The molecule has 2 rings (SSSR count). The normalized spacial score (nSPS) is 11.9. The number of hydrogen-bond acceptors (Lipinski definition) is 4. The molecular formula is C23H33FN4O2S. The Hall–Kier alpha value is -2.61. The summed E-state index contributed by atoms with van der Waals surface area (Å²) in [5, 5.41) is 6.47. The minimum absolute atomic E-state index is 0.128. The Bertz CT molecular complexity index is 949. The number of halogens is 1. The molecule has 0 bridgehead atoms. The number of benzene rings is 2. The molecular weight excluding hydrogens is 415 g/mol. The molecule has 0 saturated carbocycles. The molecule has 0 heterocycles. The van der Waals surface area contributed by atoms with E-state index in [9.17, 15) is 12.8 Å². The van der Waals surface area contributed by atoms with Gasteiger partial charge in [0.05, 0.1) is 12.3 Å². The molecule has 8 heteroatoms. The Labute approximate surface area is 185 Å². The first-order chi connectivity index (χ1) is 14.8. The minimum atomic E-state index is -3.22. The van der Waals surface area contributed by atoms with Crippen LogP contribution in [-0.2, 0) is 22.1 Å². The van der Waals surface area contributed by atoms with Crippen LogP contribution in [0.15, 0.2) is 53.5 Å². The molecule has 0 aromatic heterocycles. The Morgan fingerprint density at radius 2 is 1.81 bits per heavy atom. The lowest BCUT2D eigenvalue weighted by Gasteiger charge is -2.19. The standard InChI is InChI=1S/C23H33FN4O2S/c1-4-25-23(26-14-8-9-15-28(2)22-10-6-5-7-11-22)27-17-20-16-21(24)13-12-19(20)18-31(3,29)30/h5-7,10-13,16H,4,8-9,14-15,17-18H2,1-3H3,(H2,25,26,27). The van der Waals surface area contributed by atoms with E-state index in [-0.39, 0.29) is 12.3 Å². The molecule has 0 radical (unpaired) electrons. The van der Waals surface area contributed by atoms with Crippen LogP contribution in [0.25, 0.3) is 0 Å². The predicted molar refractivity (Wildman–Crippen MR) is 127 cm³/mol. The van der Waals surface area contributed by atoms with Crippen molar-refractivity contribution in [3.05, 3.63) is 65.5 Å². The van der Waals surface area contributed by atoms with Crippen LogP contribution < -0.4 is 15.5 Å². The van der Waals surface area contributed by atoms with Crippen molar-refractivity contribution in [1.82, 2.24) is 10.6 Å². The van der Waals surface area contributed by atoms with Crippen molar-refractivity contribution in [2.24, 2.45) is 4.99 Å². The highest BCUT2D eigenvalue weighted by Crippen LogP contribution is 2.16. The molecule has 6 nitrogen and oxygen atoms in total. The SMILES string of the molecule is CCNC(=NCc1cc(F)ccc1CS(C)(=O)=O)NCCCCN(C)c1ccccc1. The number of unbranched alkanes of at least 4 members (excludes halogenated alkanes) is 1. The fourth-order valence-electron chi connectivity index (χ4n) is 3.16. The van der Waals surface area contributed by atoms with E-state index in [2.05, 4.69) is 39.7 Å². The number of sulfone groups is 1. The third kappa shape index (κ3) is 9.38. The second-order valence-corrected chi connectivity index (χ2v) is 9.71. The summed E-state index contributed by atoms with van der Waals surface area (Å²) < 4.78 is 37.0. The number of guanidine groups is 1. The Balaban J connectivity index is 1.88. The van der Waals surface area contributed by atoms with Gasteiger partial charge in [0.1, 0.15) is 5.82 Å². The molecule has 170 valence electrons. The summed E-state index contributed by atoms with van der Waals surface area (Å²) in [6.45, 7) is 4.59. The van der Waals surface area contributed by atoms with E-state index in [1.165, 1.54) is 30.1 Å². The molecule has 0 atom stereocenters. The molecule has 2 N–H and O–H groups in total. The van der Waals surface area contributed by atoms with Gasteiger partial charge in [-0.05, 0) is 55.2 Å². The summed E-state index contributed by atoms with van der Waals surface area (Å²) in [5.74, 6) is 0.105. The zero-order chi connectivity index (χ0) is 22.7. The number of rotatable bonds is 11. The highest BCUT2D eigenvalue weighted by molar-refractivity contribution is 7.89. The van der Waals surface area contributed by atoms with Gasteiger partial charge in [0, 0.05) is 38.6 Å². The van der Waals surface area contributed by atoms with Crippen LogP contribution in [0.1, 0.15) is 30.9 Å². The van der Waals surface area contributed by atoms with Crippen LogP contribution in [0.2, 0.25) is 0 Å². The van der Waals surface area contributed by atoms with Crippen molar-refractivity contribution in [3.63, 3.8) is 0 Å². The number of para-hydroxylation sites is 1. The topological polar surface area (TPSA) is 73.8 Å². The summed E-state index contributed by atoms with van der Waals surface area (Å²) >= 11 is 0. The van der Waals surface area contributed by atoms with Crippen LogP contribution in [-0.4, -0.2) is 47.3 Å². The molecule has 2 aromatic rings. The Morgan fingerprint density at radius 3 is 2.48 bits per heavy atom. The summed E-state index contributed by atoms with van der Waals surface area (Å²) in [4.78, 5) is 6.75. The zero-order valence-electron chi connectivity index (χ0n) is 18.6. The van der Waals surface area contributed by atoms with Gasteiger partial charge in [-0.3, -0.25) is 0 Å². The number of nitrogens with zero attached hydrogens (tertiary/aromatic N) is 2. The monoisotopic (exact) mass is 448 g/mol. The van der Waals surface area contributed by atoms with Crippen LogP contribution in [0.3, 0.4) is 0 Å². The average Bonchev–Trinajstić information content (AvgIpc) is 2.73. The number of hydrogen-bond donors (Lipinski definition) is 2. The number of nitrogens with one attached hydrogen (secondary N) is 2. The lowest BCUT2D eigenvalue weighted by molar-refractivity contribution is 0.600. The molecule has 0 fully saturated rings. The molecule has 0 aliphatic heterocycles. The van der Waals surface area contributed by atoms with Crippen LogP contribution >= 0.6 is 0 Å². The first-order valence-electron chi connectivity index (χ1n) is 10.5. The molecule has 0 unspecified atom stereocenters. The highest BCUT2D eigenvalue weighted by atomic mass is 32.2. The van der Waals surface area contributed by atoms with Gasteiger partial charge in [-0.2, -0.15) is 0 Å². The van der Waals surface area contributed by atoms with E-state index in [1.54, 1.807) is 0 Å². The quantitative estimate of drug-likeness (QED) is 0.313. The van der Waals surface area contributed by atoms with E-state index in [0.717, 1.165) is 25.9 Å². The Kier molecular flexibility index (Phi) is 9.78. The first-order valence-corrected chi connectivity index (χ1v) is 12.6. The minimum Gasteiger partial charge on any atom is -0.375 e. The van der Waals surface area contributed by atoms with E-state index in [4.69, 9.17) is 0 Å². The maximum absolute atomic E-state index is 13.7. The largest absolute Gasteiger partial charge is 0.375 e. The van der Waals surface area contributed by atoms with E-state index >= 15 is 0 Å².